The van der Waals surface area contributed by atoms with Crippen molar-refractivity contribution in [2.24, 2.45) is 0 Å². The number of ether oxygens (including phenoxy) is 1. The number of thiophene rings is 1. The quantitative estimate of drug-likeness (QED) is 0.454. The molecule has 0 N–H and O–H groups in total. The third-order valence-corrected chi connectivity index (χ3v) is 6.22. The van der Waals surface area contributed by atoms with E-state index in [1.165, 1.54) is 0 Å². The van der Waals surface area contributed by atoms with Gasteiger partial charge in [-0.15, -0.1) is 11.3 Å². The van der Waals surface area contributed by atoms with Gasteiger partial charge >= 0.3 is 0 Å². The Bertz CT molecular complexity index is 1140. The number of benzene rings is 1. The summed E-state index contributed by atoms with van der Waals surface area (Å²) in [6.07, 6.45) is 4.44. The molecule has 1 aliphatic rings. The highest BCUT2D eigenvalue weighted by molar-refractivity contribution is 7.13. The molecule has 4 heterocycles. The fraction of sp³-hybridized carbons (Fsp3) is 0.208. The molecule has 5 rings (SSSR count). The maximum Gasteiger partial charge on any atom is 0.257 e. The molecule has 1 fully saturated rings. The molecule has 3 aromatic heterocycles. The van der Waals surface area contributed by atoms with E-state index in [1.807, 2.05) is 77.1 Å². The number of pyridine rings is 1. The number of rotatable bonds is 6. The van der Waals surface area contributed by atoms with Crippen LogP contribution in [0.3, 0.4) is 0 Å². The van der Waals surface area contributed by atoms with Crippen LogP contribution in [0.2, 0.25) is 0 Å². The predicted octanol–water partition coefficient (Wildman–Crippen LogP) is 4.43. The van der Waals surface area contributed by atoms with Gasteiger partial charge in [-0.3, -0.25) is 9.78 Å². The average molecular weight is 431 g/mol. The Labute approximate surface area is 184 Å². The lowest BCUT2D eigenvalue weighted by atomic mass is 10.2. The highest BCUT2D eigenvalue weighted by Crippen LogP contribution is 2.29. The first kappa shape index (κ1) is 19.7. The molecule has 1 saturated heterocycles. The first-order valence-electron chi connectivity index (χ1n) is 10.3. The van der Waals surface area contributed by atoms with Crippen LogP contribution in [0.5, 0.6) is 0 Å². The number of hydrogen-bond acceptors (Lipinski definition) is 5. The molecule has 4 aromatic rings. The highest BCUT2D eigenvalue weighted by atomic mass is 32.1. The summed E-state index contributed by atoms with van der Waals surface area (Å²) in [6.45, 7) is 1.71. The lowest BCUT2D eigenvalue weighted by Crippen LogP contribution is -2.30. The molecule has 1 aromatic carbocycles. The van der Waals surface area contributed by atoms with Crippen molar-refractivity contribution < 1.29 is 9.53 Å². The van der Waals surface area contributed by atoms with Crippen molar-refractivity contribution in [2.45, 2.75) is 19.1 Å². The number of para-hydroxylation sites is 1. The molecular weight excluding hydrogens is 408 g/mol. The van der Waals surface area contributed by atoms with Gasteiger partial charge in [0.25, 0.3) is 5.91 Å². The number of aromatic nitrogens is 3. The van der Waals surface area contributed by atoms with Crippen LogP contribution in [0.1, 0.15) is 22.5 Å². The van der Waals surface area contributed by atoms with Gasteiger partial charge in [0.2, 0.25) is 0 Å². The van der Waals surface area contributed by atoms with Crippen LogP contribution < -0.4 is 0 Å². The van der Waals surface area contributed by atoms with E-state index in [4.69, 9.17) is 9.84 Å². The summed E-state index contributed by atoms with van der Waals surface area (Å²) < 4.78 is 7.79. The van der Waals surface area contributed by atoms with Crippen LogP contribution in [-0.4, -0.2) is 44.8 Å². The number of nitrogens with zero attached hydrogens (tertiary/aromatic N) is 4. The maximum absolute atomic E-state index is 13.4. The lowest BCUT2D eigenvalue weighted by Gasteiger charge is -2.16. The van der Waals surface area contributed by atoms with Gasteiger partial charge in [0.1, 0.15) is 5.69 Å². The molecular formula is C24H22N4O2S. The van der Waals surface area contributed by atoms with Gasteiger partial charge in [-0.1, -0.05) is 30.3 Å². The summed E-state index contributed by atoms with van der Waals surface area (Å²) in [7, 11) is 0. The molecule has 7 heteroatoms. The highest BCUT2D eigenvalue weighted by Gasteiger charge is 2.30. The fourth-order valence-corrected chi connectivity index (χ4v) is 4.47. The van der Waals surface area contributed by atoms with Gasteiger partial charge in [0.05, 0.1) is 34.5 Å². The van der Waals surface area contributed by atoms with Crippen molar-refractivity contribution in [3.63, 3.8) is 0 Å². The van der Waals surface area contributed by atoms with Crippen LogP contribution in [0.15, 0.2) is 78.4 Å². The van der Waals surface area contributed by atoms with Gasteiger partial charge in [-0.2, -0.15) is 5.10 Å². The van der Waals surface area contributed by atoms with Crippen LogP contribution in [-0.2, 0) is 11.3 Å². The lowest BCUT2D eigenvalue weighted by molar-refractivity contribution is 0.0422. The van der Waals surface area contributed by atoms with E-state index < -0.39 is 0 Å². The van der Waals surface area contributed by atoms with Gasteiger partial charge < -0.3 is 9.64 Å². The van der Waals surface area contributed by atoms with E-state index in [2.05, 4.69) is 4.98 Å². The Morgan fingerprint density at radius 2 is 1.97 bits per heavy atom. The standard InChI is InChI=1S/C24H22N4O2S/c29-24(27-13-11-20(15-27)30-17-18-7-4-5-12-25-18)21-16-28(19-8-2-1-3-9-19)26-23(21)22-10-6-14-31-22/h1-10,12,14,16,20H,11,13,15,17H2/t20-/m0/s1. The predicted molar refractivity (Wildman–Crippen MR) is 120 cm³/mol. The van der Waals surface area contributed by atoms with Gasteiger partial charge in [-0.25, -0.2) is 4.68 Å². The maximum atomic E-state index is 13.4. The monoisotopic (exact) mass is 430 g/mol. The molecule has 0 saturated carbocycles. The number of carbonyl (C=O) groups is 1. The van der Waals surface area contributed by atoms with Gasteiger partial charge in [0.15, 0.2) is 0 Å². The minimum Gasteiger partial charge on any atom is -0.370 e. The van der Waals surface area contributed by atoms with Gasteiger partial charge in [0, 0.05) is 25.5 Å². The van der Waals surface area contributed by atoms with Crippen LogP contribution >= 0.6 is 11.3 Å². The van der Waals surface area contributed by atoms with E-state index in [9.17, 15) is 4.79 Å². The van der Waals surface area contributed by atoms with Crippen LogP contribution in [0, 0.1) is 0 Å². The number of carbonyl (C=O) groups excluding carboxylic acids is 1. The summed E-state index contributed by atoms with van der Waals surface area (Å²) in [5.74, 6) is -0.00508. The molecule has 6 nitrogen and oxygen atoms in total. The van der Waals surface area contributed by atoms with E-state index in [-0.39, 0.29) is 12.0 Å². The Kier molecular flexibility index (Phi) is 5.60. The smallest absolute Gasteiger partial charge is 0.257 e. The average Bonchev–Trinajstić information content (AvgIpc) is 3.59. The van der Waals surface area contributed by atoms with Crippen LogP contribution in [0.4, 0.5) is 0 Å². The van der Waals surface area contributed by atoms with E-state index in [1.54, 1.807) is 22.2 Å². The number of amides is 1. The molecule has 1 atom stereocenters. The second kappa shape index (κ2) is 8.83. The van der Waals surface area contributed by atoms with E-state index >= 15 is 0 Å². The zero-order chi connectivity index (χ0) is 21.0. The van der Waals surface area contributed by atoms with Crippen molar-refractivity contribution >= 4 is 17.2 Å². The fourth-order valence-electron chi connectivity index (χ4n) is 3.74. The summed E-state index contributed by atoms with van der Waals surface area (Å²) in [6, 6.07) is 19.6. The molecule has 1 aliphatic heterocycles. The second-order valence-corrected chi connectivity index (χ2v) is 8.39. The summed E-state index contributed by atoms with van der Waals surface area (Å²) in [4.78, 5) is 20.6. The van der Waals surface area contributed by atoms with Crippen molar-refractivity contribution in [3.05, 3.63) is 89.7 Å². The topological polar surface area (TPSA) is 60.2 Å². The summed E-state index contributed by atoms with van der Waals surface area (Å²) in [5, 5.41) is 6.75. The Morgan fingerprint density at radius 1 is 1.10 bits per heavy atom. The van der Waals surface area contributed by atoms with Crippen molar-refractivity contribution in [3.8, 4) is 16.3 Å². The SMILES string of the molecule is O=C(c1cn(-c2ccccc2)nc1-c1cccs1)N1CC[C@H](OCc2ccccn2)C1. The van der Waals surface area contributed by atoms with Crippen molar-refractivity contribution in [1.29, 1.82) is 0 Å². The second-order valence-electron chi connectivity index (χ2n) is 7.44. The summed E-state index contributed by atoms with van der Waals surface area (Å²) in [5.41, 5.74) is 3.17. The van der Waals surface area contributed by atoms with Crippen molar-refractivity contribution in [1.82, 2.24) is 19.7 Å². The molecule has 156 valence electrons. The Morgan fingerprint density at radius 3 is 2.74 bits per heavy atom. The largest absolute Gasteiger partial charge is 0.370 e. The van der Waals surface area contributed by atoms with E-state index in [0.29, 0.717) is 25.3 Å². The number of likely N-dealkylation sites (tertiary alicyclic amines) is 1. The third kappa shape index (κ3) is 4.28. The Hall–Kier alpha value is -3.29. The number of hydrogen-bond donors (Lipinski definition) is 0. The zero-order valence-corrected chi connectivity index (χ0v) is 17.7. The first-order valence-corrected chi connectivity index (χ1v) is 11.2. The third-order valence-electron chi connectivity index (χ3n) is 5.35. The normalized spacial score (nSPS) is 16.0. The molecule has 0 bridgehead atoms. The molecule has 0 radical (unpaired) electrons. The molecule has 0 aliphatic carbocycles. The summed E-state index contributed by atoms with van der Waals surface area (Å²) >= 11 is 1.59. The minimum atomic E-state index is -0.00508. The van der Waals surface area contributed by atoms with Gasteiger partial charge in [-0.05, 0) is 42.1 Å². The molecule has 0 spiro atoms. The Balaban J connectivity index is 1.34. The first-order chi connectivity index (χ1) is 15.3. The zero-order valence-electron chi connectivity index (χ0n) is 16.9. The molecule has 0 unspecified atom stereocenters. The minimum absolute atomic E-state index is 0.00508. The van der Waals surface area contributed by atoms with Crippen LogP contribution in [0.25, 0.3) is 16.3 Å². The van der Waals surface area contributed by atoms with E-state index in [0.717, 1.165) is 28.4 Å². The van der Waals surface area contributed by atoms with Crippen molar-refractivity contribution in [2.75, 3.05) is 13.1 Å². The molecule has 31 heavy (non-hydrogen) atoms. The molecule has 1 amide bonds.